The van der Waals surface area contributed by atoms with Gasteiger partial charge in [0.05, 0.1) is 26.0 Å². The monoisotopic (exact) mass is 516 g/mol. The molecule has 0 aliphatic heterocycles. The molecular weight excluding hydrogens is 495 g/mol. The summed E-state index contributed by atoms with van der Waals surface area (Å²) in [6.07, 6.45) is 8.31. The fourth-order valence-electron chi connectivity index (χ4n) is 4.37. The molecule has 1 aliphatic carbocycles. The average molecular weight is 518 g/mol. The topological polar surface area (TPSA) is 67.8 Å². The Kier molecular flexibility index (Phi) is 6.74. The van der Waals surface area contributed by atoms with Crippen molar-refractivity contribution < 1.29 is 4.79 Å². The first-order valence-electron chi connectivity index (χ1n) is 11.0. The zero-order valence-corrected chi connectivity index (χ0v) is 21.2. The first-order chi connectivity index (χ1) is 16.0. The lowest BCUT2D eigenvalue weighted by atomic mass is 9.88. The number of thiophene rings is 1. The number of rotatable bonds is 6. The highest BCUT2D eigenvalue weighted by atomic mass is 35.5. The van der Waals surface area contributed by atoms with Gasteiger partial charge in [-0.05, 0) is 61.4 Å². The van der Waals surface area contributed by atoms with Crippen LogP contribution in [0.1, 0.15) is 43.0 Å². The van der Waals surface area contributed by atoms with E-state index in [4.69, 9.17) is 28.2 Å². The molecule has 0 unspecified atom stereocenters. The lowest BCUT2D eigenvalue weighted by Gasteiger charge is -2.19. The maximum Gasteiger partial charge on any atom is 0.234 e. The van der Waals surface area contributed by atoms with Crippen molar-refractivity contribution >= 4 is 78.3 Å². The van der Waals surface area contributed by atoms with E-state index in [1.165, 1.54) is 46.8 Å². The second kappa shape index (κ2) is 9.74. The number of carbonyl (C=O) groups excluding carboxylic acids is 1. The van der Waals surface area contributed by atoms with Gasteiger partial charge in [-0.1, -0.05) is 48.3 Å². The number of carbonyl (C=O) groups is 1. The van der Waals surface area contributed by atoms with Gasteiger partial charge in [-0.25, -0.2) is 15.0 Å². The van der Waals surface area contributed by atoms with Crippen LogP contribution < -0.4 is 5.32 Å². The first-order valence-corrected chi connectivity index (χ1v) is 13.6. The van der Waals surface area contributed by atoms with Crippen molar-refractivity contribution in [3.63, 3.8) is 0 Å². The molecule has 5 rings (SSSR count). The number of hydrogen-bond donors (Lipinski definition) is 1. The van der Waals surface area contributed by atoms with Crippen LogP contribution in [0.2, 0.25) is 10.0 Å². The Morgan fingerprint density at radius 2 is 1.97 bits per heavy atom. The third kappa shape index (κ3) is 4.56. The normalized spacial score (nSPS) is 13.4. The number of benzene rings is 1. The SMILES string of the molecule is CCCc1nc2sc3c(SCC(=O)Nc4ccc(Cl)c(Cl)c4)ncnc3c2c2c1CCCC2. The Labute approximate surface area is 210 Å². The summed E-state index contributed by atoms with van der Waals surface area (Å²) in [5.74, 6) is 0.0970. The maximum absolute atomic E-state index is 12.5. The Morgan fingerprint density at radius 3 is 2.76 bits per heavy atom. The quantitative estimate of drug-likeness (QED) is 0.218. The molecule has 0 radical (unpaired) electrons. The van der Waals surface area contributed by atoms with Crippen LogP contribution in [0.3, 0.4) is 0 Å². The van der Waals surface area contributed by atoms with Crippen LogP contribution in [0, 0.1) is 0 Å². The van der Waals surface area contributed by atoms with Crippen LogP contribution in [-0.2, 0) is 24.1 Å². The van der Waals surface area contributed by atoms with Gasteiger partial charge in [0.1, 0.15) is 16.2 Å². The highest BCUT2D eigenvalue weighted by Gasteiger charge is 2.23. The molecule has 0 bridgehead atoms. The summed E-state index contributed by atoms with van der Waals surface area (Å²) in [6, 6.07) is 5.04. The number of halogens is 2. The standard InChI is InChI=1S/C24H22Cl2N4OS2/c1-2-5-18-14-6-3-4-7-15(14)20-21-22(33-23(20)30-18)24(28-12-27-21)32-11-19(31)29-13-8-9-16(25)17(26)10-13/h8-10,12H,2-7,11H2,1H3,(H,29,31). The molecule has 4 aromatic rings. The largest absolute Gasteiger partial charge is 0.325 e. The van der Waals surface area contributed by atoms with Crippen molar-refractivity contribution in [1.29, 1.82) is 0 Å². The van der Waals surface area contributed by atoms with E-state index in [9.17, 15) is 4.79 Å². The van der Waals surface area contributed by atoms with E-state index < -0.39 is 0 Å². The number of aromatic nitrogens is 3. The Morgan fingerprint density at radius 1 is 1.15 bits per heavy atom. The minimum absolute atomic E-state index is 0.132. The highest BCUT2D eigenvalue weighted by Crippen LogP contribution is 2.41. The number of anilines is 1. The van der Waals surface area contributed by atoms with Gasteiger partial charge in [-0.2, -0.15) is 0 Å². The molecule has 0 fully saturated rings. The number of pyridine rings is 1. The summed E-state index contributed by atoms with van der Waals surface area (Å²) in [6.45, 7) is 2.20. The second-order valence-corrected chi connectivity index (χ2v) is 10.9. The van der Waals surface area contributed by atoms with Crippen molar-refractivity contribution in [1.82, 2.24) is 15.0 Å². The Balaban J connectivity index is 1.45. The summed E-state index contributed by atoms with van der Waals surface area (Å²) in [5, 5.41) is 5.72. The molecule has 0 spiro atoms. The van der Waals surface area contributed by atoms with E-state index in [0.717, 1.165) is 45.8 Å². The van der Waals surface area contributed by atoms with Crippen molar-refractivity contribution in [3.8, 4) is 0 Å². The molecule has 3 aromatic heterocycles. The van der Waals surface area contributed by atoms with E-state index in [1.807, 2.05) is 0 Å². The van der Waals surface area contributed by atoms with Crippen molar-refractivity contribution in [2.45, 2.75) is 50.5 Å². The minimum atomic E-state index is -0.132. The molecule has 1 amide bonds. The fourth-order valence-corrected chi connectivity index (χ4v) is 6.72. The molecule has 0 atom stereocenters. The lowest BCUT2D eigenvalue weighted by Crippen LogP contribution is -2.14. The summed E-state index contributed by atoms with van der Waals surface area (Å²) < 4.78 is 1.01. The predicted molar refractivity (Wildman–Crippen MR) is 139 cm³/mol. The smallest absolute Gasteiger partial charge is 0.234 e. The molecule has 0 saturated carbocycles. The number of nitrogens with zero attached hydrogens (tertiary/aromatic N) is 3. The average Bonchev–Trinajstić information content (AvgIpc) is 3.19. The highest BCUT2D eigenvalue weighted by molar-refractivity contribution is 8.00. The summed E-state index contributed by atoms with van der Waals surface area (Å²) >= 11 is 15.0. The number of nitrogens with one attached hydrogen (secondary N) is 1. The number of aryl methyl sites for hydroxylation is 2. The van der Waals surface area contributed by atoms with Gasteiger partial charge in [-0.3, -0.25) is 4.79 Å². The van der Waals surface area contributed by atoms with Gasteiger partial charge in [0.2, 0.25) is 5.91 Å². The van der Waals surface area contributed by atoms with Gasteiger partial charge in [0, 0.05) is 16.8 Å². The van der Waals surface area contributed by atoms with Gasteiger partial charge in [-0.15, -0.1) is 11.3 Å². The zero-order valence-electron chi connectivity index (χ0n) is 18.1. The summed E-state index contributed by atoms with van der Waals surface area (Å²) in [5.41, 5.74) is 5.68. The van der Waals surface area contributed by atoms with Gasteiger partial charge in [0.25, 0.3) is 0 Å². The number of amides is 1. The molecular formula is C24H22Cl2N4OS2. The molecule has 0 saturated heterocycles. The van der Waals surface area contributed by atoms with Gasteiger partial charge >= 0.3 is 0 Å². The first kappa shape index (κ1) is 22.8. The van der Waals surface area contributed by atoms with Crippen LogP contribution in [0.15, 0.2) is 29.6 Å². The van der Waals surface area contributed by atoms with Crippen LogP contribution in [0.5, 0.6) is 0 Å². The van der Waals surface area contributed by atoms with E-state index in [-0.39, 0.29) is 11.7 Å². The fraction of sp³-hybridized carbons (Fsp3) is 0.333. The van der Waals surface area contributed by atoms with Gasteiger partial charge in [0.15, 0.2) is 0 Å². The second-order valence-electron chi connectivity index (χ2n) is 8.08. The number of hydrogen-bond acceptors (Lipinski definition) is 6. The van der Waals surface area contributed by atoms with E-state index in [0.29, 0.717) is 15.7 Å². The molecule has 9 heteroatoms. The van der Waals surface area contributed by atoms with E-state index >= 15 is 0 Å². The van der Waals surface area contributed by atoms with Crippen molar-refractivity contribution in [2.24, 2.45) is 0 Å². The predicted octanol–water partition coefficient (Wildman–Crippen LogP) is 7.11. The van der Waals surface area contributed by atoms with E-state index in [1.54, 1.807) is 35.9 Å². The zero-order chi connectivity index (χ0) is 22.9. The molecule has 33 heavy (non-hydrogen) atoms. The van der Waals surface area contributed by atoms with E-state index in [2.05, 4.69) is 22.2 Å². The Bertz CT molecular complexity index is 1370. The molecule has 1 aliphatic rings. The third-order valence-electron chi connectivity index (χ3n) is 5.81. The third-order valence-corrected chi connectivity index (χ3v) is 8.74. The van der Waals surface area contributed by atoms with Gasteiger partial charge < -0.3 is 5.32 Å². The number of thioether (sulfide) groups is 1. The van der Waals surface area contributed by atoms with Crippen molar-refractivity contribution in [3.05, 3.63) is 51.4 Å². The molecule has 5 nitrogen and oxygen atoms in total. The molecule has 1 aromatic carbocycles. The van der Waals surface area contributed by atoms with Crippen LogP contribution >= 0.6 is 46.3 Å². The molecule has 1 N–H and O–H groups in total. The van der Waals surface area contributed by atoms with Crippen LogP contribution in [0.25, 0.3) is 20.4 Å². The molecule has 3 heterocycles. The number of fused-ring (bicyclic) bond motifs is 5. The maximum atomic E-state index is 12.5. The Hall–Kier alpha value is -1.93. The molecule has 170 valence electrons. The van der Waals surface area contributed by atoms with Crippen LogP contribution in [-0.4, -0.2) is 26.6 Å². The lowest BCUT2D eigenvalue weighted by molar-refractivity contribution is -0.113. The van der Waals surface area contributed by atoms with Crippen molar-refractivity contribution in [2.75, 3.05) is 11.1 Å². The summed E-state index contributed by atoms with van der Waals surface area (Å²) in [4.78, 5) is 27.8. The minimum Gasteiger partial charge on any atom is -0.325 e. The summed E-state index contributed by atoms with van der Waals surface area (Å²) in [7, 11) is 0. The van der Waals surface area contributed by atoms with Crippen LogP contribution in [0.4, 0.5) is 5.69 Å².